The molecule has 166 valence electrons. The Hall–Kier alpha value is -1.06. The molecular weight excluding hydrogens is 352 g/mol. The van der Waals surface area contributed by atoms with Crippen molar-refractivity contribution in [1.29, 1.82) is 0 Å². The highest BCUT2D eigenvalue weighted by atomic mass is 16.7. The van der Waals surface area contributed by atoms with Crippen molar-refractivity contribution < 1.29 is 19.1 Å². The van der Waals surface area contributed by atoms with E-state index in [0.29, 0.717) is 19.3 Å². The maximum atomic E-state index is 12.1. The van der Waals surface area contributed by atoms with E-state index in [9.17, 15) is 9.59 Å². The summed E-state index contributed by atoms with van der Waals surface area (Å²) in [6, 6.07) is 0. The van der Waals surface area contributed by atoms with Crippen LogP contribution in [0.2, 0.25) is 0 Å². The molecule has 28 heavy (non-hydrogen) atoms. The molecule has 0 aromatic rings. The molecule has 0 heterocycles. The fourth-order valence-electron chi connectivity index (χ4n) is 3.21. The van der Waals surface area contributed by atoms with Gasteiger partial charge in [0.15, 0.2) is 0 Å². The van der Waals surface area contributed by atoms with Crippen LogP contribution in [0.1, 0.15) is 136 Å². The minimum absolute atomic E-state index is 0.231. The second kappa shape index (κ2) is 20.7. The number of unbranched alkanes of at least 4 members (excludes halogenated alkanes) is 12. The first kappa shape index (κ1) is 26.9. The average molecular weight is 399 g/mol. The lowest BCUT2D eigenvalue weighted by Crippen LogP contribution is -2.24. The third kappa shape index (κ3) is 18.3. The van der Waals surface area contributed by atoms with Gasteiger partial charge in [0.1, 0.15) is 0 Å². The number of ether oxygens (including phenoxy) is 2. The molecule has 0 amide bonds. The lowest BCUT2D eigenvalue weighted by Gasteiger charge is -2.18. The summed E-state index contributed by atoms with van der Waals surface area (Å²) < 4.78 is 11.0. The molecule has 0 fully saturated rings. The molecule has 0 aliphatic carbocycles. The number of esters is 2. The monoisotopic (exact) mass is 398 g/mol. The highest BCUT2D eigenvalue weighted by Crippen LogP contribution is 2.15. The Bertz CT molecular complexity index is 340. The van der Waals surface area contributed by atoms with E-state index < -0.39 is 6.29 Å². The van der Waals surface area contributed by atoms with E-state index >= 15 is 0 Å². The van der Waals surface area contributed by atoms with Gasteiger partial charge in [0, 0.05) is 19.3 Å². The summed E-state index contributed by atoms with van der Waals surface area (Å²) in [4.78, 5) is 24.2. The van der Waals surface area contributed by atoms with Crippen molar-refractivity contribution >= 4 is 11.9 Å². The predicted octanol–water partition coefficient (Wildman–Crippen LogP) is 7.48. The summed E-state index contributed by atoms with van der Waals surface area (Å²) in [5.74, 6) is -0.461. The minimum Gasteiger partial charge on any atom is -0.425 e. The molecule has 0 N–H and O–H groups in total. The standard InChI is InChI=1S/C24H46O4/c1-4-7-10-13-16-19-22(25)27-24(21-18-15-12-9-6-3)28-23(26)20-17-14-11-8-5-2/h24H,4-21H2,1-3H3. The Kier molecular flexibility index (Phi) is 19.9. The highest BCUT2D eigenvalue weighted by molar-refractivity contribution is 5.71. The summed E-state index contributed by atoms with van der Waals surface area (Å²) >= 11 is 0. The van der Waals surface area contributed by atoms with Gasteiger partial charge in [-0.2, -0.15) is 0 Å². The number of hydrogen-bond acceptors (Lipinski definition) is 4. The topological polar surface area (TPSA) is 52.6 Å². The molecule has 0 aliphatic rings. The van der Waals surface area contributed by atoms with Gasteiger partial charge in [-0.1, -0.05) is 97.8 Å². The van der Waals surface area contributed by atoms with Crippen LogP contribution < -0.4 is 0 Å². The van der Waals surface area contributed by atoms with E-state index in [4.69, 9.17) is 9.47 Å². The van der Waals surface area contributed by atoms with Crippen LogP contribution in [0.15, 0.2) is 0 Å². The van der Waals surface area contributed by atoms with Gasteiger partial charge in [0.25, 0.3) is 0 Å². The van der Waals surface area contributed by atoms with Crippen LogP contribution in [0.3, 0.4) is 0 Å². The van der Waals surface area contributed by atoms with Gasteiger partial charge < -0.3 is 9.47 Å². The van der Waals surface area contributed by atoms with Gasteiger partial charge in [0.05, 0.1) is 0 Å². The summed E-state index contributed by atoms with van der Waals surface area (Å²) in [7, 11) is 0. The first-order valence-electron chi connectivity index (χ1n) is 12.0. The van der Waals surface area contributed by atoms with Crippen LogP contribution in [0.25, 0.3) is 0 Å². The summed E-state index contributed by atoms with van der Waals surface area (Å²) in [5.41, 5.74) is 0. The van der Waals surface area contributed by atoms with Crippen molar-refractivity contribution in [2.45, 2.75) is 143 Å². The van der Waals surface area contributed by atoms with Gasteiger partial charge in [-0.05, 0) is 19.3 Å². The summed E-state index contributed by atoms with van der Waals surface area (Å²) in [5, 5.41) is 0. The molecule has 0 saturated heterocycles. The molecule has 0 saturated carbocycles. The van der Waals surface area contributed by atoms with E-state index in [-0.39, 0.29) is 11.9 Å². The molecule has 0 bridgehead atoms. The summed E-state index contributed by atoms with van der Waals surface area (Å²) in [6.07, 6.45) is 17.3. The SMILES string of the molecule is CCCCCCCC(=O)OC(CCCCCCC)OC(=O)CCCCCCC. The fraction of sp³-hybridized carbons (Fsp3) is 0.917. The molecule has 0 aliphatic heterocycles. The van der Waals surface area contributed by atoms with Crippen molar-refractivity contribution in [3.8, 4) is 0 Å². The Morgan fingerprint density at radius 1 is 0.536 bits per heavy atom. The Morgan fingerprint density at radius 2 is 0.893 bits per heavy atom. The van der Waals surface area contributed by atoms with Crippen LogP contribution in [-0.4, -0.2) is 18.2 Å². The molecule has 4 nitrogen and oxygen atoms in total. The fourth-order valence-corrected chi connectivity index (χ4v) is 3.21. The average Bonchev–Trinajstić information content (AvgIpc) is 2.67. The molecular formula is C24H46O4. The molecule has 0 rings (SSSR count). The van der Waals surface area contributed by atoms with E-state index in [0.717, 1.165) is 51.4 Å². The molecule has 4 heteroatoms. The predicted molar refractivity (Wildman–Crippen MR) is 116 cm³/mol. The van der Waals surface area contributed by atoms with Crippen molar-refractivity contribution in [2.24, 2.45) is 0 Å². The normalized spacial score (nSPS) is 11.0. The van der Waals surface area contributed by atoms with Crippen molar-refractivity contribution in [2.75, 3.05) is 0 Å². The smallest absolute Gasteiger partial charge is 0.308 e. The Labute approximate surface area is 174 Å². The van der Waals surface area contributed by atoms with Crippen molar-refractivity contribution in [1.82, 2.24) is 0 Å². The number of hydrogen-bond donors (Lipinski definition) is 0. The van der Waals surface area contributed by atoms with Gasteiger partial charge in [0.2, 0.25) is 6.29 Å². The molecule has 0 radical (unpaired) electrons. The second-order valence-electron chi connectivity index (χ2n) is 7.94. The summed E-state index contributed by atoms with van der Waals surface area (Å²) in [6.45, 7) is 6.54. The van der Waals surface area contributed by atoms with E-state index in [1.165, 1.54) is 44.9 Å². The van der Waals surface area contributed by atoms with Gasteiger partial charge in [-0.15, -0.1) is 0 Å². The maximum absolute atomic E-state index is 12.1. The van der Waals surface area contributed by atoms with Crippen LogP contribution in [0.4, 0.5) is 0 Å². The first-order valence-corrected chi connectivity index (χ1v) is 12.0. The largest absolute Gasteiger partial charge is 0.425 e. The van der Waals surface area contributed by atoms with E-state index in [2.05, 4.69) is 20.8 Å². The van der Waals surface area contributed by atoms with E-state index in [1.54, 1.807) is 0 Å². The van der Waals surface area contributed by atoms with Gasteiger partial charge >= 0.3 is 11.9 Å². The van der Waals surface area contributed by atoms with Crippen LogP contribution in [0.5, 0.6) is 0 Å². The minimum atomic E-state index is -0.701. The van der Waals surface area contributed by atoms with Gasteiger partial charge in [-0.25, -0.2) is 0 Å². The van der Waals surface area contributed by atoms with E-state index in [1.807, 2.05) is 0 Å². The third-order valence-corrected chi connectivity index (χ3v) is 5.04. The lowest BCUT2D eigenvalue weighted by atomic mass is 10.1. The third-order valence-electron chi connectivity index (χ3n) is 5.04. The molecule has 0 unspecified atom stereocenters. The quantitative estimate of drug-likeness (QED) is 0.121. The maximum Gasteiger partial charge on any atom is 0.308 e. The van der Waals surface area contributed by atoms with Crippen LogP contribution in [0, 0.1) is 0 Å². The molecule has 0 atom stereocenters. The molecule has 0 aromatic carbocycles. The Morgan fingerprint density at radius 3 is 1.29 bits per heavy atom. The van der Waals surface area contributed by atoms with Crippen molar-refractivity contribution in [3.05, 3.63) is 0 Å². The molecule has 0 aromatic heterocycles. The number of carbonyl (C=O) groups excluding carboxylic acids is 2. The highest BCUT2D eigenvalue weighted by Gasteiger charge is 2.18. The molecule has 0 spiro atoms. The second-order valence-corrected chi connectivity index (χ2v) is 7.94. The van der Waals surface area contributed by atoms with Crippen LogP contribution in [-0.2, 0) is 19.1 Å². The first-order chi connectivity index (χ1) is 13.6. The zero-order valence-electron chi connectivity index (χ0n) is 18.9. The zero-order chi connectivity index (χ0) is 20.9. The number of carbonyl (C=O) groups is 2. The van der Waals surface area contributed by atoms with Gasteiger partial charge in [-0.3, -0.25) is 9.59 Å². The van der Waals surface area contributed by atoms with Crippen molar-refractivity contribution in [3.63, 3.8) is 0 Å². The van der Waals surface area contributed by atoms with Crippen LogP contribution >= 0.6 is 0 Å². The lowest BCUT2D eigenvalue weighted by molar-refractivity contribution is -0.189. The number of rotatable bonds is 20. The Balaban J connectivity index is 4.20. The zero-order valence-corrected chi connectivity index (χ0v) is 18.9.